The smallest absolute Gasteiger partial charge is 0.221 e. The molecular weight excluding hydrogens is 256 g/mol. The van der Waals surface area contributed by atoms with E-state index in [1.165, 1.54) is 0 Å². The third-order valence-corrected chi connectivity index (χ3v) is 3.38. The number of hydrogen-bond acceptors (Lipinski definition) is 4. The molecule has 5 heteroatoms. The van der Waals surface area contributed by atoms with Gasteiger partial charge in [0.25, 0.3) is 0 Å². The van der Waals surface area contributed by atoms with Crippen LogP contribution in [0.15, 0.2) is 24.3 Å². The van der Waals surface area contributed by atoms with Crippen LogP contribution in [0.1, 0.15) is 12.0 Å². The number of nitrogens with zero attached hydrogens (tertiary/aromatic N) is 1. The molecule has 0 aromatic heterocycles. The van der Waals surface area contributed by atoms with Crippen LogP contribution in [0.4, 0.5) is 0 Å². The van der Waals surface area contributed by atoms with Gasteiger partial charge in [0, 0.05) is 32.6 Å². The van der Waals surface area contributed by atoms with Crippen molar-refractivity contribution in [1.82, 2.24) is 10.2 Å². The molecule has 110 valence electrons. The maximum Gasteiger partial charge on any atom is 0.221 e. The lowest BCUT2D eigenvalue weighted by molar-refractivity contribution is -0.121. The van der Waals surface area contributed by atoms with Crippen LogP contribution < -0.4 is 10.1 Å². The van der Waals surface area contributed by atoms with Crippen LogP contribution in [-0.4, -0.2) is 50.8 Å². The van der Waals surface area contributed by atoms with Gasteiger partial charge in [0.15, 0.2) is 0 Å². The van der Waals surface area contributed by atoms with Gasteiger partial charge < -0.3 is 14.8 Å². The minimum atomic E-state index is 0.0827. The standard InChI is InChI=1S/C15H22N2O3/c1-19-14-4-2-3-13(11-14)12-16-15(18)5-6-17-7-9-20-10-8-17/h2-4,11H,5-10,12H2,1H3,(H,16,18). The third-order valence-electron chi connectivity index (χ3n) is 3.38. The Hall–Kier alpha value is -1.59. The minimum absolute atomic E-state index is 0.0827. The zero-order valence-corrected chi connectivity index (χ0v) is 11.9. The highest BCUT2D eigenvalue weighted by Gasteiger charge is 2.11. The average Bonchev–Trinajstić information content (AvgIpc) is 2.52. The molecule has 1 amide bonds. The van der Waals surface area contributed by atoms with Gasteiger partial charge in [-0.3, -0.25) is 9.69 Å². The summed E-state index contributed by atoms with van der Waals surface area (Å²) in [4.78, 5) is 14.1. The second-order valence-corrected chi connectivity index (χ2v) is 4.83. The molecule has 1 N–H and O–H groups in total. The number of methoxy groups -OCH3 is 1. The highest BCUT2D eigenvalue weighted by molar-refractivity contribution is 5.76. The van der Waals surface area contributed by atoms with Gasteiger partial charge in [0.2, 0.25) is 5.91 Å². The molecule has 0 saturated carbocycles. The Kier molecular flexibility index (Phi) is 5.83. The van der Waals surface area contributed by atoms with E-state index in [2.05, 4.69) is 10.2 Å². The predicted octanol–water partition coefficient (Wildman–Crippen LogP) is 1.03. The van der Waals surface area contributed by atoms with Gasteiger partial charge in [0.05, 0.1) is 20.3 Å². The number of nitrogens with one attached hydrogen (secondary N) is 1. The van der Waals surface area contributed by atoms with E-state index in [9.17, 15) is 4.79 Å². The molecule has 0 bridgehead atoms. The van der Waals surface area contributed by atoms with Gasteiger partial charge in [-0.05, 0) is 17.7 Å². The largest absolute Gasteiger partial charge is 0.497 e. The lowest BCUT2D eigenvalue weighted by atomic mass is 10.2. The fraction of sp³-hybridized carbons (Fsp3) is 0.533. The highest BCUT2D eigenvalue weighted by Crippen LogP contribution is 2.12. The molecule has 20 heavy (non-hydrogen) atoms. The summed E-state index contributed by atoms with van der Waals surface area (Å²) >= 11 is 0. The molecule has 1 fully saturated rings. The van der Waals surface area contributed by atoms with Gasteiger partial charge in [-0.15, -0.1) is 0 Å². The molecule has 5 nitrogen and oxygen atoms in total. The van der Waals surface area contributed by atoms with Crippen molar-refractivity contribution >= 4 is 5.91 Å². The SMILES string of the molecule is COc1cccc(CNC(=O)CCN2CCOCC2)c1. The number of morpholine rings is 1. The summed E-state index contributed by atoms with van der Waals surface area (Å²) < 4.78 is 10.4. The Balaban J connectivity index is 1.68. The summed E-state index contributed by atoms with van der Waals surface area (Å²) in [5.41, 5.74) is 1.05. The Bertz CT molecular complexity index is 431. The number of carbonyl (C=O) groups is 1. The molecule has 0 radical (unpaired) electrons. The van der Waals surface area contributed by atoms with E-state index in [1.54, 1.807) is 7.11 Å². The Morgan fingerprint density at radius 2 is 2.20 bits per heavy atom. The number of benzene rings is 1. The first-order valence-corrected chi connectivity index (χ1v) is 6.97. The first kappa shape index (κ1) is 14.8. The van der Waals surface area contributed by atoms with E-state index in [0.717, 1.165) is 44.2 Å². The van der Waals surface area contributed by atoms with Gasteiger partial charge >= 0.3 is 0 Å². The van der Waals surface area contributed by atoms with Gasteiger partial charge in [-0.1, -0.05) is 12.1 Å². The quantitative estimate of drug-likeness (QED) is 0.844. The zero-order chi connectivity index (χ0) is 14.2. The van der Waals surface area contributed by atoms with E-state index < -0.39 is 0 Å². The minimum Gasteiger partial charge on any atom is -0.497 e. The molecule has 1 aromatic rings. The number of carbonyl (C=O) groups excluding carboxylic acids is 1. The number of hydrogen-bond donors (Lipinski definition) is 1. The highest BCUT2D eigenvalue weighted by atomic mass is 16.5. The van der Waals surface area contributed by atoms with Crippen molar-refractivity contribution in [1.29, 1.82) is 0 Å². The van der Waals surface area contributed by atoms with Crippen molar-refractivity contribution in [3.05, 3.63) is 29.8 Å². The first-order chi connectivity index (χ1) is 9.78. The summed E-state index contributed by atoms with van der Waals surface area (Å²) in [7, 11) is 1.64. The maximum absolute atomic E-state index is 11.8. The van der Waals surface area contributed by atoms with Crippen LogP contribution in [0.5, 0.6) is 5.75 Å². The van der Waals surface area contributed by atoms with Gasteiger partial charge in [-0.2, -0.15) is 0 Å². The Morgan fingerprint density at radius 3 is 2.95 bits per heavy atom. The van der Waals surface area contributed by atoms with E-state index in [0.29, 0.717) is 13.0 Å². The summed E-state index contributed by atoms with van der Waals surface area (Å²) in [5, 5.41) is 2.94. The molecule has 0 spiro atoms. The second-order valence-electron chi connectivity index (χ2n) is 4.83. The summed E-state index contributed by atoms with van der Waals surface area (Å²) in [6, 6.07) is 7.73. The topological polar surface area (TPSA) is 50.8 Å². The molecule has 0 atom stereocenters. The fourth-order valence-electron chi connectivity index (χ4n) is 2.16. The van der Waals surface area contributed by atoms with Gasteiger partial charge in [0.1, 0.15) is 5.75 Å². The molecular formula is C15H22N2O3. The van der Waals surface area contributed by atoms with Crippen molar-refractivity contribution in [2.24, 2.45) is 0 Å². The van der Waals surface area contributed by atoms with Crippen molar-refractivity contribution in [3.63, 3.8) is 0 Å². The second kappa shape index (κ2) is 7.87. The lowest BCUT2D eigenvalue weighted by Crippen LogP contribution is -2.38. The maximum atomic E-state index is 11.8. The molecule has 2 rings (SSSR count). The Morgan fingerprint density at radius 1 is 1.40 bits per heavy atom. The zero-order valence-electron chi connectivity index (χ0n) is 11.9. The summed E-state index contributed by atoms with van der Waals surface area (Å²) in [6.07, 6.45) is 0.532. The van der Waals surface area contributed by atoms with Crippen molar-refractivity contribution in [2.45, 2.75) is 13.0 Å². The van der Waals surface area contributed by atoms with Crippen LogP contribution in [0.2, 0.25) is 0 Å². The predicted molar refractivity (Wildman–Crippen MR) is 76.7 cm³/mol. The first-order valence-electron chi connectivity index (χ1n) is 6.97. The monoisotopic (exact) mass is 278 g/mol. The Labute approximate surface area is 119 Å². The number of rotatable bonds is 6. The molecule has 1 heterocycles. The molecule has 1 saturated heterocycles. The molecule has 1 aromatic carbocycles. The number of amides is 1. The molecule has 1 aliphatic rings. The van der Waals surface area contributed by atoms with E-state index >= 15 is 0 Å². The van der Waals surface area contributed by atoms with E-state index in [-0.39, 0.29) is 5.91 Å². The van der Waals surface area contributed by atoms with Crippen LogP contribution in [0, 0.1) is 0 Å². The van der Waals surface area contributed by atoms with E-state index in [4.69, 9.17) is 9.47 Å². The molecule has 0 unspecified atom stereocenters. The normalized spacial score (nSPS) is 15.8. The van der Waals surface area contributed by atoms with Crippen molar-refractivity contribution in [3.8, 4) is 5.75 Å². The van der Waals surface area contributed by atoms with Gasteiger partial charge in [-0.25, -0.2) is 0 Å². The summed E-state index contributed by atoms with van der Waals surface area (Å²) in [6.45, 7) is 4.72. The lowest BCUT2D eigenvalue weighted by Gasteiger charge is -2.26. The third kappa shape index (κ3) is 4.83. The number of ether oxygens (including phenoxy) is 2. The summed E-state index contributed by atoms with van der Waals surface area (Å²) in [5.74, 6) is 0.893. The van der Waals surface area contributed by atoms with Crippen LogP contribution in [0.3, 0.4) is 0 Å². The molecule has 0 aliphatic carbocycles. The van der Waals surface area contributed by atoms with Crippen LogP contribution in [0.25, 0.3) is 0 Å². The van der Waals surface area contributed by atoms with E-state index in [1.807, 2.05) is 24.3 Å². The van der Waals surface area contributed by atoms with Crippen molar-refractivity contribution in [2.75, 3.05) is 40.0 Å². The average molecular weight is 278 g/mol. The fourth-order valence-corrected chi connectivity index (χ4v) is 2.16. The van der Waals surface area contributed by atoms with Crippen LogP contribution >= 0.6 is 0 Å². The van der Waals surface area contributed by atoms with Crippen LogP contribution in [-0.2, 0) is 16.1 Å². The van der Waals surface area contributed by atoms with Crippen molar-refractivity contribution < 1.29 is 14.3 Å². The molecule has 1 aliphatic heterocycles.